The van der Waals surface area contributed by atoms with E-state index < -0.39 is 17.8 Å². The molecule has 7 nitrogen and oxygen atoms in total. The summed E-state index contributed by atoms with van der Waals surface area (Å²) in [6, 6.07) is 9.70. The van der Waals surface area contributed by atoms with Crippen molar-refractivity contribution in [3.8, 4) is 0 Å². The van der Waals surface area contributed by atoms with Gasteiger partial charge in [0.05, 0.1) is 33.8 Å². The summed E-state index contributed by atoms with van der Waals surface area (Å²) in [5.74, 6) is -3.12. The van der Waals surface area contributed by atoms with Crippen LogP contribution in [0.4, 0.5) is 5.69 Å². The second-order valence-corrected chi connectivity index (χ2v) is 7.02. The highest BCUT2D eigenvalue weighted by molar-refractivity contribution is 6.42. The molecule has 0 saturated heterocycles. The molecule has 2 N–H and O–H groups in total. The summed E-state index contributed by atoms with van der Waals surface area (Å²) in [7, 11) is 0. The van der Waals surface area contributed by atoms with Gasteiger partial charge in [0.15, 0.2) is 0 Å². The molecular formula is C19H15Cl2N3O4. The van der Waals surface area contributed by atoms with Crippen molar-refractivity contribution in [2.45, 2.75) is 13.5 Å². The Morgan fingerprint density at radius 1 is 1.18 bits per heavy atom. The van der Waals surface area contributed by atoms with E-state index in [1.165, 1.54) is 23.9 Å². The minimum atomic E-state index is -1.23. The van der Waals surface area contributed by atoms with Gasteiger partial charge in [-0.2, -0.15) is 0 Å². The van der Waals surface area contributed by atoms with E-state index in [9.17, 15) is 14.4 Å². The van der Waals surface area contributed by atoms with Crippen LogP contribution < -0.4 is 10.9 Å². The van der Waals surface area contributed by atoms with E-state index in [4.69, 9.17) is 28.3 Å². The fourth-order valence-electron chi connectivity index (χ4n) is 2.55. The van der Waals surface area contributed by atoms with Gasteiger partial charge in [-0.3, -0.25) is 19.0 Å². The highest BCUT2D eigenvalue weighted by atomic mass is 35.5. The Bertz CT molecular complexity index is 1140. The molecular weight excluding hydrogens is 405 g/mol. The molecule has 1 unspecified atom stereocenters. The molecule has 28 heavy (non-hydrogen) atoms. The molecule has 3 rings (SSSR count). The van der Waals surface area contributed by atoms with Gasteiger partial charge in [0.25, 0.3) is 5.56 Å². The van der Waals surface area contributed by atoms with Gasteiger partial charge in [-0.1, -0.05) is 29.3 Å². The molecule has 3 aromatic rings. The molecule has 1 aromatic heterocycles. The summed E-state index contributed by atoms with van der Waals surface area (Å²) >= 11 is 11.9. The number of rotatable bonds is 5. The van der Waals surface area contributed by atoms with E-state index in [-0.39, 0.29) is 12.1 Å². The SMILES string of the molecule is CC(C(=O)O)C(=O)Nc1ccc2ncn(Cc3ccc(Cl)c(Cl)c3)c(=O)c2c1. The van der Waals surface area contributed by atoms with Gasteiger partial charge < -0.3 is 10.4 Å². The van der Waals surface area contributed by atoms with Crippen molar-refractivity contribution in [2.24, 2.45) is 5.92 Å². The molecule has 9 heteroatoms. The molecule has 1 atom stereocenters. The first-order valence-electron chi connectivity index (χ1n) is 8.23. The first kappa shape index (κ1) is 19.9. The summed E-state index contributed by atoms with van der Waals surface area (Å²) in [4.78, 5) is 39.9. The van der Waals surface area contributed by atoms with Gasteiger partial charge in [0, 0.05) is 5.69 Å². The first-order chi connectivity index (χ1) is 13.3. The Morgan fingerprint density at radius 3 is 2.61 bits per heavy atom. The number of hydrogen-bond acceptors (Lipinski definition) is 4. The number of fused-ring (bicyclic) bond motifs is 1. The fourth-order valence-corrected chi connectivity index (χ4v) is 2.87. The van der Waals surface area contributed by atoms with E-state index in [0.717, 1.165) is 5.56 Å². The molecule has 1 heterocycles. The van der Waals surface area contributed by atoms with Crippen LogP contribution in [0.5, 0.6) is 0 Å². The molecule has 0 aliphatic heterocycles. The molecule has 0 fully saturated rings. The summed E-state index contributed by atoms with van der Waals surface area (Å²) in [6.45, 7) is 1.52. The lowest BCUT2D eigenvalue weighted by Gasteiger charge is -2.10. The standard InChI is InChI=1S/C19H15Cl2N3O4/c1-10(19(27)28)17(25)23-12-3-5-16-13(7-12)18(26)24(9-22-16)8-11-2-4-14(20)15(21)6-11/h2-7,9-10H,8H2,1H3,(H,23,25)(H,27,28). The summed E-state index contributed by atoms with van der Waals surface area (Å²) in [5.41, 5.74) is 1.24. The van der Waals surface area contributed by atoms with Crippen LogP contribution in [0.1, 0.15) is 12.5 Å². The van der Waals surface area contributed by atoms with Gasteiger partial charge >= 0.3 is 5.97 Å². The molecule has 1 amide bonds. The number of benzene rings is 2. The van der Waals surface area contributed by atoms with Crippen LogP contribution in [0.15, 0.2) is 47.5 Å². The summed E-state index contributed by atoms with van der Waals surface area (Å²) in [5, 5.41) is 12.5. The predicted octanol–water partition coefficient (Wildman–Crippen LogP) is 3.41. The second-order valence-electron chi connectivity index (χ2n) is 6.21. The van der Waals surface area contributed by atoms with Crippen LogP contribution in [-0.2, 0) is 16.1 Å². The molecule has 0 spiro atoms. The first-order valence-corrected chi connectivity index (χ1v) is 8.98. The highest BCUT2D eigenvalue weighted by Gasteiger charge is 2.20. The number of aromatic nitrogens is 2. The molecule has 0 aliphatic rings. The van der Waals surface area contributed by atoms with Crippen LogP contribution >= 0.6 is 23.2 Å². The van der Waals surface area contributed by atoms with Crippen LogP contribution in [0.2, 0.25) is 10.0 Å². The van der Waals surface area contributed by atoms with Crippen molar-refractivity contribution in [1.82, 2.24) is 9.55 Å². The topological polar surface area (TPSA) is 101 Å². The molecule has 0 aliphatic carbocycles. The van der Waals surface area contributed by atoms with Crippen LogP contribution in [0, 0.1) is 5.92 Å². The third kappa shape index (κ3) is 4.16. The van der Waals surface area contributed by atoms with Crippen molar-refractivity contribution >= 4 is 51.7 Å². The number of nitrogens with zero attached hydrogens (tertiary/aromatic N) is 2. The van der Waals surface area contributed by atoms with Gasteiger partial charge in [-0.25, -0.2) is 4.98 Å². The quantitative estimate of drug-likeness (QED) is 0.616. The fraction of sp³-hybridized carbons (Fsp3) is 0.158. The zero-order valence-corrected chi connectivity index (χ0v) is 16.2. The van der Waals surface area contributed by atoms with Gasteiger partial charge in [-0.05, 0) is 42.8 Å². The third-order valence-corrected chi connectivity index (χ3v) is 4.93. The maximum atomic E-state index is 12.8. The molecule has 144 valence electrons. The van der Waals surface area contributed by atoms with Crippen molar-refractivity contribution < 1.29 is 14.7 Å². The van der Waals surface area contributed by atoms with Crippen LogP contribution in [0.25, 0.3) is 10.9 Å². The minimum absolute atomic E-state index is 0.241. The predicted molar refractivity (Wildman–Crippen MR) is 107 cm³/mol. The number of carboxylic acids is 1. The zero-order chi connectivity index (χ0) is 20.4. The van der Waals surface area contributed by atoms with Crippen molar-refractivity contribution in [3.63, 3.8) is 0 Å². The lowest BCUT2D eigenvalue weighted by molar-refractivity contribution is -0.144. The van der Waals surface area contributed by atoms with E-state index >= 15 is 0 Å². The van der Waals surface area contributed by atoms with E-state index in [1.54, 1.807) is 30.3 Å². The van der Waals surface area contributed by atoms with E-state index in [2.05, 4.69) is 10.3 Å². The molecule has 0 bridgehead atoms. The summed E-state index contributed by atoms with van der Waals surface area (Å²) in [6.07, 6.45) is 1.43. The maximum absolute atomic E-state index is 12.8. The summed E-state index contributed by atoms with van der Waals surface area (Å²) < 4.78 is 1.41. The van der Waals surface area contributed by atoms with E-state index in [0.29, 0.717) is 26.6 Å². The molecule has 0 saturated carbocycles. The number of nitrogens with one attached hydrogen (secondary N) is 1. The van der Waals surface area contributed by atoms with Gasteiger partial charge in [-0.15, -0.1) is 0 Å². The van der Waals surface area contributed by atoms with Gasteiger partial charge in [0.2, 0.25) is 5.91 Å². The Kier molecular flexibility index (Phi) is 5.67. The monoisotopic (exact) mass is 419 g/mol. The normalized spacial score (nSPS) is 12.0. The smallest absolute Gasteiger partial charge is 0.315 e. The Hall–Kier alpha value is -2.90. The molecule has 0 radical (unpaired) electrons. The largest absolute Gasteiger partial charge is 0.481 e. The second kappa shape index (κ2) is 8.00. The number of anilines is 1. The Balaban J connectivity index is 1.93. The average molecular weight is 420 g/mol. The average Bonchev–Trinajstić information content (AvgIpc) is 2.66. The number of carbonyl (C=O) groups is 2. The third-order valence-electron chi connectivity index (χ3n) is 4.19. The highest BCUT2D eigenvalue weighted by Crippen LogP contribution is 2.23. The Morgan fingerprint density at radius 2 is 1.93 bits per heavy atom. The number of amides is 1. The number of carboxylic acid groups (broad SMARTS) is 1. The number of hydrogen-bond donors (Lipinski definition) is 2. The number of carbonyl (C=O) groups excluding carboxylic acids is 1. The maximum Gasteiger partial charge on any atom is 0.315 e. The Labute approximate surface area is 169 Å². The van der Waals surface area contributed by atoms with Crippen molar-refractivity contribution in [1.29, 1.82) is 0 Å². The lowest BCUT2D eigenvalue weighted by atomic mass is 10.1. The van der Waals surface area contributed by atoms with Crippen LogP contribution in [-0.4, -0.2) is 26.5 Å². The number of aliphatic carboxylic acids is 1. The van der Waals surface area contributed by atoms with E-state index in [1.807, 2.05) is 0 Å². The minimum Gasteiger partial charge on any atom is -0.481 e. The number of halogens is 2. The van der Waals surface area contributed by atoms with Crippen LogP contribution in [0.3, 0.4) is 0 Å². The zero-order valence-electron chi connectivity index (χ0n) is 14.6. The van der Waals surface area contributed by atoms with Gasteiger partial charge in [0.1, 0.15) is 5.92 Å². The van der Waals surface area contributed by atoms with Crippen molar-refractivity contribution in [3.05, 3.63) is 68.7 Å². The van der Waals surface area contributed by atoms with Crippen molar-refractivity contribution in [2.75, 3.05) is 5.32 Å². The lowest BCUT2D eigenvalue weighted by Crippen LogP contribution is -2.27. The molecule has 2 aromatic carbocycles.